The first-order chi connectivity index (χ1) is 5.33. The van der Waals surface area contributed by atoms with Crippen molar-refractivity contribution in [1.29, 1.82) is 0 Å². The lowest BCUT2D eigenvalue weighted by molar-refractivity contribution is -0.118. The maximum atomic E-state index is 11.1. The highest BCUT2D eigenvalue weighted by atomic mass is 16.3. The fourth-order valence-electron chi connectivity index (χ4n) is 0.988. The minimum absolute atomic E-state index is 0.286. The average Bonchev–Trinajstić information content (AvgIpc) is 2.40. The highest BCUT2D eigenvalue weighted by Gasteiger charge is 2.02. The molecule has 2 nitrogen and oxygen atoms in total. The first-order valence-corrected chi connectivity index (χ1v) is 3.85. The van der Waals surface area contributed by atoms with Gasteiger partial charge in [0.15, 0.2) is 0 Å². The Morgan fingerprint density at radius 2 is 2.45 bits per heavy atom. The van der Waals surface area contributed by atoms with Gasteiger partial charge < -0.3 is 4.42 Å². The number of carbonyl (C=O) groups is 1. The maximum absolute atomic E-state index is 11.1. The van der Waals surface area contributed by atoms with Crippen molar-refractivity contribution >= 4 is 5.78 Å². The molecule has 0 spiro atoms. The third-order valence-electron chi connectivity index (χ3n) is 1.51. The second-order valence-electron chi connectivity index (χ2n) is 2.60. The molecule has 0 aliphatic carbocycles. The summed E-state index contributed by atoms with van der Waals surface area (Å²) in [6.45, 7) is 2.01. The van der Waals surface area contributed by atoms with Crippen molar-refractivity contribution in [2.45, 2.75) is 26.2 Å². The highest BCUT2D eigenvalue weighted by molar-refractivity contribution is 5.80. The Hall–Kier alpha value is -1.05. The lowest BCUT2D eigenvalue weighted by Gasteiger charge is -1.93. The standard InChI is InChI=1S/C9H12O2/c1-2-3-9(10)6-8-4-5-11-7-8/h4-5,7H,2-3,6H2,1H3. The summed E-state index contributed by atoms with van der Waals surface area (Å²) in [5, 5.41) is 0. The molecular weight excluding hydrogens is 140 g/mol. The lowest BCUT2D eigenvalue weighted by Crippen LogP contribution is -2.00. The summed E-state index contributed by atoms with van der Waals surface area (Å²) in [5.41, 5.74) is 0.975. The molecule has 0 aliphatic rings. The summed E-state index contributed by atoms with van der Waals surface area (Å²) < 4.78 is 4.84. The van der Waals surface area contributed by atoms with Crippen LogP contribution in [0.25, 0.3) is 0 Å². The van der Waals surface area contributed by atoms with Crippen LogP contribution in [0.1, 0.15) is 25.3 Å². The molecule has 1 aromatic heterocycles. The van der Waals surface area contributed by atoms with Gasteiger partial charge in [0.25, 0.3) is 0 Å². The van der Waals surface area contributed by atoms with E-state index in [4.69, 9.17) is 4.42 Å². The molecule has 0 unspecified atom stereocenters. The van der Waals surface area contributed by atoms with Crippen LogP contribution in [0.2, 0.25) is 0 Å². The zero-order valence-electron chi connectivity index (χ0n) is 6.67. The summed E-state index contributed by atoms with van der Waals surface area (Å²) >= 11 is 0. The van der Waals surface area contributed by atoms with Gasteiger partial charge in [0, 0.05) is 12.8 Å². The topological polar surface area (TPSA) is 30.2 Å². The Morgan fingerprint density at radius 3 is 3.00 bits per heavy atom. The van der Waals surface area contributed by atoms with Crippen LogP contribution in [0, 0.1) is 0 Å². The monoisotopic (exact) mass is 152 g/mol. The third kappa shape index (κ3) is 2.58. The van der Waals surface area contributed by atoms with Gasteiger partial charge in [0.1, 0.15) is 5.78 Å². The van der Waals surface area contributed by atoms with E-state index in [-0.39, 0.29) is 5.78 Å². The van der Waals surface area contributed by atoms with Crippen LogP contribution in [-0.4, -0.2) is 5.78 Å². The predicted molar refractivity (Wildman–Crippen MR) is 42.3 cm³/mol. The van der Waals surface area contributed by atoms with Gasteiger partial charge in [-0.05, 0) is 18.1 Å². The molecule has 2 heteroatoms. The van der Waals surface area contributed by atoms with Crippen molar-refractivity contribution in [1.82, 2.24) is 0 Å². The summed E-state index contributed by atoms with van der Waals surface area (Å²) in [6, 6.07) is 1.83. The Bertz CT molecular complexity index is 211. The number of carbonyl (C=O) groups excluding carboxylic acids is 1. The minimum atomic E-state index is 0.286. The molecule has 1 heterocycles. The molecule has 0 saturated heterocycles. The maximum Gasteiger partial charge on any atom is 0.137 e. The van der Waals surface area contributed by atoms with Crippen molar-refractivity contribution in [3.8, 4) is 0 Å². The van der Waals surface area contributed by atoms with Crippen LogP contribution >= 0.6 is 0 Å². The number of hydrogen-bond acceptors (Lipinski definition) is 2. The van der Waals surface area contributed by atoms with E-state index < -0.39 is 0 Å². The van der Waals surface area contributed by atoms with Crippen LogP contribution in [-0.2, 0) is 11.2 Å². The summed E-state index contributed by atoms with van der Waals surface area (Å²) in [6.07, 6.45) is 5.33. The summed E-state index contributed by atoms with van der Waals surface area (Å²) in [4.78, 5) is 11.1. The van der Waals surface area contributed by atoms with Gasteiger partial charge >= 0.3 is 0 Å². The van der Waals surface area contributed by atoms with E-state index in [1.54, 1.807) is 12.5 Å². The fraction of sp³-hybridized carbons (Fsp3) is 0.444. The normalized spacial score (nSPS) is 9.91. The smallest absolute Gasteiger partial charge is 0.137 e. The Balaban J connectivity index is 2.37. The SMILES string of the molecule is CCCC(=O)Cc1ccoc1. The molecule has 0 aliphatic heterocycles. The quantitative estimate of drug-likeness (QED) is 0.662. The molecule has 0 radical (unpaired) electrons. The van der Waals surface area contributed by atoms with E-state index >= 15 is 0 Å². The van der Waals surface area contributed by atoms with Crippen LogP contribution in [0.3, 0.4) is 0 Å². The van der Waals surface area contributed by atoms with Crippen molar-refractivity contribution in [3.05, 3.63) is 24.2 Å². The highest BCUT2D eigenvalue weighted by Crippen LogP contribution is 2.03. The molecule has 1 aromatic rings. The fourth-order valence-corrected chi connectivity index (χ4v) is 0.988. The molecule has 0 amide bonds. The van der Waals surface area contributed by atoms with Crippen molar-refractivity contribution in [2.24, 2.45) is 0 Å². The molecule has 0 aromatic carbocycles. The zero-order valence-corrected chi connectivity index (χ0v) is 6.67. The number of hydrogen-bond donors (Lipinski definition) is 0. The summed E-state index contributed by atoms with van der Waals surface area (Å²) in [5.74, 6) is 0.286. The Kier molecular flexibility index (Phi) is 2.90. The minimum Gasteiger partial charge on any atom is -0.472 e. The Morgan fingerprint density at radius 1 is 1.64 bits per heavy atom. The van der Waals surface area contributed by atoms with E-state index in [1.165, 1.54) is 0 Å². The predicted octanol–water partition coefficient (Wildman–Crippen LogP) is 2.19. The summed E-state index contributed by atoms with van der Waals surface area (Å²) in [7, 11) is 0. The van der Waals surface area contributed by atoms with Gasteiger partial charge in [-0.3, -0.25) is 4.79 Å². The van der Waals surface area contributed by atoms with E-state index in [0.29, 0.717) is 12.8 Å². The van der Waals surface area contributed by atoms with E-state index in [0.717, 1.165) is 12.0 Å². The molecular formula is C9H12O2. The molecule has 60 valence electrons. The van der Waals surface area contributed by atoms with Gasteiger partial charge in [-0.1, -0.05) is 6.92 Å². The van der Waals surface area contributed by atoms with Crippen LogP contribution in [0.4, 0.5) is 0 Å². The molecule has 1 rings (SSSR count). The molecule has 0 saturated carbocycles. The van der Waals surface area contributed by atoms with Crippen LogP contribution < -0.4 is 0 Å². The number of ketones is 1. The van der Waals surface area contributed by atoms with Gasteiger partial charge in [-0.15, -0.1) is 0 Å². The van der Waals surface area contributed by atoms with Gasteiger partial charge in [0.05, 0.1) is 12.5 Å². The van der Waals surface area contributed by atoms with Crippen molar-refractivity contribution in [3.63, 3.8) is 0 Å². The van der Waals surface area contributed by atoms with E-state index in [2.05, 4.69) is 0 Å². The van der Waals surface area contributed by atoms with Crippen LogP contribution in [0.5, 0.6) is 0 Å². The first-order valence-electron chi connectivity index (χ1n) is 3.85. The molecule has 0 bridgehead atoms. The van der Waals surface area contributed by atoms with Gasteiger partial charge in [-0.25, -0.2) is 0 Å². The van der Waals surface area contributed by atoms with E-state index in [1.807, 2.05) is 13.0 Å². The van der Waals surface area contributed by atoms with Crippen molar-refractivity contribution < 1.29 is 9.21 Å². The molecule has 0 fully saturated rings. The average molecular weight is 152 g/mol. The third-order valence-corrected chi connectivity index (χ3v) is 1.51. The Labute approximate surface area is 66.2 Å². The largest absolute Gasteiger partial charge is 0.472 e. The number of furan rings is 1. The first kappa shape index (κ1) is 8.05. The molecule has 0 atom stereocenters. The molecule has 0 N–H and O–H groups in total. The number of rotatable bonds is 4. The lowest BCUT2D eigenvalue weighted by atomic mass is 10.1. The van der Waals surface area contributed by atoms with E-state index in [9.17, 15) is 4.79 Å². The van der Waals surface area contributed by atoms with Gasteiger partial charge in [0.2, 0.25) is 0 Å². The number of Topliss-reactive ketones (excluding diaryl/α,β-unsaturated/α-hetero) is 1. The second-order valence-corrected chi connectivity index (χ2v) is 2.60. The molecule has 11 heavy (non-hydrogen) atoms. The second kappa shape index (κ2) is 3.96. The van der Waals surface area contributed by atoms with Crippen LogP contribution in [0.15, 0.2) is 23.0 Å². The van der Waals surface area contributed by atoms with Crippen molar-refractivity contribution in [2.75, 3.05) is 0 Å². The zero-order chi connectivity index (χ0) is 8.10. The van der Waals surface area contributed by atoms with Gasteiger partial charge in [-0.2, -0.15) is 0 Å².